The van der Waals surface area contributed by atoms with Crippen LogP contribution in [0.4, 0.5) is 15.9 Å². The molecule has 0 aliphatic rings. The highest BCUT2D eigenvalue weighted by atomic mass is 32.1. The van der Waals surface area contributed by atoms with Crippen LogP contribution >= 0.6 is 11.3 Å². The number of halogens is 1. The van der Waals surface area contributed by atoms with Crippen LogP contribution < -0.4 is 10.1 Å². The van der Waals surface area contributed by atoms with Crippen LogP contribution in [0.5, 0.6) is 5.75 Å². The van der Waals surface area contributed by atoms with E-state index in [0.717, 1.165) is 10.2 Å². The summed E-state index contributed by atoms with van der Waals surface area (Å²) in [5.41, 5.74) is 0.680. The molecule has 0 bridgehead atoms. The van der Waals surface area contributed by atoms with Crippen LogP contribution in [0, 0.1) is 5.82 Å². The number of anilines is 2. The molecule has 0 saturated carbocycles. The smallest absolute Gasteiger partial charge is 0.145 e. The minimum Gasteiger partial charge on any atom is -0.492 e. The largest absolute Gasteiger partial charge is 0.492 e. The molecule has 3 aromatic rings. The summed E-state index contributed by atoms with van der Waals surface area (Å²) in [6.07, 6.45) is 1.51. The lowest BCUT2D eigenvalue weighted by Crippen LogP contribution is -2.00. The van der Waals surface area contributed by atoms with Crippen molar-refractivity contribution in [3.8, 4) is 5.75 Å². The number of benzene rings is 1. The molecule has 0 saturated heterocycles. The van der Waals surface area contributed by atoms with Crippen molar-refractivity contribution in [2.75, 3.05) is 11.9 Å². The molecule has 3 rings (SSSR count). The number of nitrogens with one attached hydrogen (secondary N) is 1. The van der Waals surface area contributed by atoms with Crippen molar-refractivity contribution in [2.24, 2.45) is 0 Å². The minimum absolute atomic E-state index is 0.331. The minimum atomic E-state index is -0.331. The molecule has 1 aromatic carbocycles. The van der Waals surface area contributed by atoms with Crippen molar-refractivity contribution in [3.05, 3.63) is 41.8 Å². The fourth-order valence-electron chi connectivity index (χ4n) is 1.89. The molecule has 4 nitrogen and oxygen atoms in total. The maximum absolute atomic E-state index is 13.3. The van der Waals surface area contributed by atoms with Crippen LogP contribution in [0.3, 0.4) is 0 Å². The van der Waals surface area contributed by atoms with E-state index in [2.05, 4.69) is 15.3 Å². The highest BCUT2D eigenvalue weighted by Crippen LogP contribution is 2.31. The Morgan fingerprint density at radius 1 is 1.30 bits per heavy atom. The lowest BCUT2D eigenvalue weighted by Gasteiger charge is -2.12. The molecule has 0 unspecified atom stereocenters. The first kappa shape index (κ1) is 12.8. The molecule has 0 amide bonds. The monoisotopic (exact) mass is 289 g/mol. The summed E-state index contributed by atoms with van der Waals surface area (Å²) in [4.78, 5) is 9.33. The van der Waals surface area contributed by atoms with Gasteiger partial charge in [-0.05, 0) is 30.5 Å². The van der Waals surface area contributed by atoms with Crippen LogP contribution in [-0.2, 0) is 0 Å². The zero-order valence-electron chi connectivity index (χ0n) is 10.8. The third kappa shape index (κ3) is 2.42. The Labute approximate surface area is 119 Å². The predicted octanol–water partition coefficient (Wildman–Crippen LogP) is 3.97. The summed E-state index contributed by atoms with van der Waals surface area (Å²) in [5, 5.41) is 6.07. The van der Waals surface area contributed by atoms with Crippen molar-refractivity contribution in [2.45, 2.75) is 6.92 Å². The van der Waals surface area contributed by atoms with E-state index >= 15 is 0 Å². The maximum atomic E-state index is 13.3. The summed E-state index contributed by atoms with van der Waals surface area (Å²) in [6, 6.07) is 6.33. The molecule has 102 valence electrons. The first-order chi connectivity index (χ1) is 9.78. The molecule has 1 N–H and O–H groups in total. The van der Waals surface area contributed by atoms with Gasteiger partial charge < -0.3 is 10.1 Å². The van der Waals surface area contributed by atoms with Gasteiger partial charge in [0.2, 0.25) is 0 Å². The van der Waals surface area contributed by atoms with Crippen molar-refractivity contribution in [1.82, 2.24) is 9.97 Å². The SMILES string of the molecule is CCOc1cc(F)ccc1Nc1ncnc2sccc12. The molecule has 0 aliphatic heterocycles. The van der Waals surface area contributed by atoms with Crippen LogP contribution in [-0.4, -0.2) is 16.6 Å². The van der Waals surface area contributed by atoms with E-state index in [4.69, 9.17) is 4.74 Å². The number of nitrogens with zero attached hydrogens (tertiary/aromatic N) is 2. The Morgan fingerprint density at radius 3 is 3.05 bits per heavy atom. The number of fused-ring (bicyclic) bond motifs is 1. The predicted molar refractivity (Wildman–Crippen MR) is 78.3 cm³/mol. The van der Waals surface area contributed by atoms with Crippen molar-refractivity contribution in [1.29, 1.82) is 0 Å². The Bertz CT molecular complexity index is 744. The second kappa shape index (κ2) is 5.42. The molecule has 20 heavy (non-hydrogen) atoms. The molecule has 0 spiro atoms. The Kier molecular flexibility index (Phi) is 3.47. The number of hydrogen-bond donors (Lipinski definition) is 1. The number of aromatic nitrogens is 2. The standard InChI is InChI=1S/C14H12FN3OS/c1-2-19-12-7-9(15)3-4-11(12)18-13-10-5-6-20-14(10)17-8-16-13/h3-8H,2H2,1H3,(H,16,17,18). The molecule has 0 radical (unpaired) electrons. The van der Waals surface area contributed by atoms with Gasteiger partial charge in [-0.3, -0.25) is 0 Å². The van der Waals surface area contributed by atoms with Gasteiger partial charge in [0.1, 0.15) is 28.5 Å². The van der Waals surface area contributed by atoms with E-state index in [9.17, 15) is 4.39 Å². The number of hydrogen-bond acceptors (Lipinski definition) is 5. The molecule has 2 heterocycles. The lowest BCUT2D eigenvalue weighted by molar-refractivity contribution is 0.340. The third-order valence-corrected chi connectivity index (χ3v) is 3.58. The van der Waals surface area contributed by atoms with Gasteiger partial charge >= 0.3 is 0 Å². The second-order valence-electron chi connectivity index (χ2n) is 4.06. The molecule has 6 heteroatoms. The Balaban J connectivity index is 2.00. The molecular weight excluding hydrogens is 277 g/mol. The second-order valence-corrected chi connectivity index (χ2v) is 4.95. The normalized spacial score (nSPS) is 10.7. The zero-order chi connectivity index (χ0) is 13.9. The van der Waals surface area contributed by atoms with Crippen molar-refractivity contribution < 1.29 is 9.13 Å². The van der Waals surface area contributed by atoms with E-state index in [1.165, 1.54) is 18.5 Å². The quantitative estimate of drug-likeness (QED) is 0.789. The van der Waals surface area contributed by atoms with Crippen molar-refractivity contribution in [3.63, 3.8) is 0 Å². The van der Waals surface area contributed by atoms with Crippen LogP contribution in [0.2, 0.25) is 0 Å². The average Bonchev–Trinajstić information content (AvgIpc) is 2.91. The van der Waals surface area contributed by atoms with Gasteiger partial charge in [-0.25, -0.2) is 14.4 Å². The molecule has 2 aromatic heterocycles. The summed E-state index contributed by atoms with van der Waals surface area (Å²) in [5.74, 6) is 0.820. The maximum Gasteiger partial charge on any atom is 0.145 e. The summed E-state index contributed by atoms with van der Waals surface area (Å²) in [6.45, 7) is 2.33. The van der Waals surface area contributed by atoms with Crippen LogP contribution in [0.25, 0.3) is 10.2 Å². The Hall–Kier alpha value is -2.21. The van der Waals surface area contributed by atoms with Gasteiger partial charge in [-0.1, -0.05) is 0 Å². The molecule has 0 atom stereocenters. The van der Waals surface area contributed by atoms with E-state index in [1.807, 2.05) is 18.4 Å². The van der Waals surface area contributed by atoms with E-state index in [-0.39, 0.29) is 5.82 Å². The molecule has 0 fully saturated rings. The van der Waals surface area contributed by atoms with E-state index in [0.29, 0.717) is 23.9 Å². The van der Waals surface area contributed by atoms with Gasteiger partial charge in [0.25, 0.3) is 0 Å². The highest BCUT2D eigenvalue weighted by molar-refractivity contribution is 7.16. The van der Waals surface area contributed by atoms with Gasteiger partial charge in [-0.15, -0.1) is 11.3 Å². The van der Waals surface area contributed by atoms with Gasteiger partial charge in [-0.2, -0.15) is 0 Å². The fourth-order valence-corrected chi connectivity index (χ4v) is 2.62. The van der Waals surface area contributed by atoms with Crippen molar-refractivity contribution >= 4 is 33.1 Å². The average molecular weight is 289 g/mol. The third-order valence-electron chi connectivity index (χ3n) is 2.76. The summed E-state index contributed by atoms with van der Waals surface area (Å²) < 4.78 is 18.7. The first-order valence-electron chi connectivity index (χ1n) is 6.15. The topological polar surface area (TPSA) is 47.0 Å². The Morgan fingerprint density at radius 2 is 2.20 bits per heavy atom. The lowest BCUT2D eigenvalue weighted by atomic mass is 10.2. The van der Waals surface area contributed by atoms with Crippen LogP contribution in [0.1, 0.15) is 6.92 Å². The highest BCUT2D eigenvalue weighted by Gasteiger charge is 2.09. The van der Waals surface area contributed by atoms with Gasteiger partial charge in [0.05, 0.1) is 17.7 Å². The number of rotatable bonds is 4. The van der Waals surface area contributed by atoms with Gasteiger partial charge in [0, 0.05) is 6.07 Å². The number of thiophene rings is 1. The summed E-state index contributed by atoms with van der Waals surface area (Å²) in [7, 11) is 0. The zero-order valence-corrected chi connectivity index (χ0v) is 11.6. The van der Waals surface area contributed by atoms with Crippen LogP contribution in [0.15, 0.2) is 36.0 Å². The van der Waals surface area contributed by atoms with E-state index in [1.54, 1.807) is 17.4 Å². The molecule has 0 aliphatic carbocycles. The van der Waals surface area contributed by atoms with Gasteiger partial charge in [0.15, 0.2) is 0 Å². The fraction of sp³-hybridized carbons (Fsp3) is 0.143. The first-order valence-corrected chi connectivity index (χ1v) is 7.03. The van der Waals surface area contributed by atoms with E-state index < -0.39 is 0 Å². The summed E-state index contributed by atoms with van der Waals surface area (Å²) >= 11 is 1.55. The molecular formula is C14H12FN3OS. The number of ether oxygens (including phenoxy) is 1.